The zero-order valence-corrected chi connectivity index (χ0v) is 13.3. The molecular weight excluding hydrogens is 362 g/mol. The first-order chi connectivity index (χ1) is 9.81. The Bertz CT molecular complexity index is 772. The molecule has 0 fully saturated rings. The Balaban J connectivity index is 2.37. The monoisotopic (exact) mass is 373 g/mol. The van der Waals surface area contributed by atoms with Gasteiger partial charge in [0.2, 0.25) is 10.0 Å². The molecule has 0 saturated carbocycles. The minimum Gasteiger partial charge on any atom is -0.480 e. The SMILES string of the molecule is Cn1cc(C(NS(=O)(=O)c2ccccc2Br)C(=O)O)cn1. The van der Waals surface area contributed by atoms with Crippen LogP contribution < -0.4 is 4.72 Å². The second-order valence-corrected chi connectivity index (χ2v) is 6.81. The van der Waals surface area contributed by atoms with E-state index in [-0.39, 0.29) is 10.5 Å². The molecule has 2 rings (SSSR count). The summed E-state index contributed by atoms with van der Waals surface area (Å²) in [5.41, 5.74) is 0.251. The highest BCUT2D eigenvalue weighted by Gasteiger charge is 2.28. The molecule has 0 aliphatic carbocycles. The molecule has 0 aliphatic heterocycles. The summed E-state index contributed by atoms with van der Waals surface area (Å²) in [6.45, 7) is 0. The Kier molecular flexibility index (Phi) is 4.45. The molecule has 1 aromatic carbocycles. The van der Waals surface area contributed by atoms with E-state index in [0.717, 1.165) is 0 Å². The molecule has 1 heterocycles. The molecule has 0 amide bonds. The Morgan fingerprint density at radius 2 is 2.10 bits per heavy atom. The van der Waals surface area contributed by atoms with Crippen LogP contribution in [0.3, 0.4) is 0 Å². The van der Waals surface area contributed by atoms with Crippen LogP contribution in [0, 0.1) is 0 Å². The van der Waals surface area contributed by atoms with E-state index in [1.54, 1.807) is 25.2 Å². The summed E-state index contributed by atoms with van der Waals surface area (Å²) in [6.07, 6.45) is 2.75. The smallest absolute Gasteiger partial charge is 0.326 e. The number of rotatable bonds is 5. The van der Waals surface area contributed by atoms with Crippen LogP contribution >= 0.6 is 15.9 Å². The standard InChI is InChI=1S/C12H12BrN3O4S/c1-16-7-8(6-14-16)11(12(17)18)15-21(19,20)10-5-3-2-4-9(10)13/h2-7,11,15H,1H3,(H,17,18). The van der Waals surface area contributed by atoms with Gasteiger partial charge in [-0.15, -0.1) is 0 Å². The van der Waals surface area contributed by atoms with Gasteiger partial charge < -0.3 is 5.11 Å². The van der Waals surface area contributed by atoms with E-state index in [2.05, 4.69) is 25.8 Å². The minimum atomic E-state index is -3.99. The molecule has 1 aromatic heterocycles. The van der Waals surface area contributed by atoms with Gasteiger partial charge in [0.15, 0.2) is 0 Å². The third kappa shape index (κ3) is 3.49. The van der Waals surface area contributed by atoms with Gasteiger partial charge in [-0.1, -0.05) is 12.1 Å². The van der Waals surface area contributed by atoms with Crippen molar-refractivity contribution < 1.29 is 18.3 Å². The van der Waals surface area contributed by atoms with Gasteiger partial charge in [0.25, 0.3) is 0 Å². The first-order valence-electron chi connectivity index (χ1n) is 5.79. The Labute approximate surface area is 129 Å². The first kappa shape index (κ1) is 15.7. The number of benzene rings is 1. The number of aliphatic carboxylic acids is 1. The predicted octanol–water partition coefficient (Wildman–Crippen LogP) is 1.29. The quantitative estimate of drug-likeness (QED) is 0.821. The molecular formula is C12H12BrN3O4S. The van der Waals surface area contributed by atoms with Crippen LogP contribution in [0.4, 0.5) is 0 Å². The van der Waals surface area contributed by atoms with E-state index in [0.29, 0.717) is 4.47 Å². The van der Waals surface area contributed by atoms with Crippen LogP contribution in [-0.4, -0.2) is 29.3 Å². The summed E-state index contributed by atoms with van der Waals surface area (Å²) in [7, 11) is -2.37. The third-order valence-corrected chi connectivity index (χ3v) is 5.14. The lowest BCUT2D eigenvalue weighted by Crippen LogP contribution is -2.33. The Morgan fingerprint density at radius 1 is 1.43 bits per heavy atom. The summed E-state index contributed by atoms with van der Waals surface area (Å²) in [5.74, 6) is -1.31. The number of hydrogen-bond acceptors (Lipinski definition) is 4. The number of aromatic nitrogens is 2. The van der Waals surface area contributed by atoms with Crippen LogP contribution in [-0.2, 0) is 21.9 Å². The second kappa shape index (κ2) is 5.96. The van der Waals surface area contributed by atoms with Crippen molar-refractivity contribution in [2.24, 2.45) is 7.05 Å². The van der Waals surface area contributed by atoms with Crippen LogP contribution in [0.2, 0.25) is 0 Å². The Hall–Kier alpha value is -1.71. The zero-order valence-electron chi connectivity index (χ0n) is 10.9. The maximum absolute atomic E-state index is 12.3. The molecule has 1 unspecified atom stereocenters. The van der Waals surface area contributed by atoms with Crippen LogP contribution in [0.1, 0.15) is 11.6 Å². The number of nitrogens with one attached hydrogen (secondary N) is 1. The lowest BCUT2D eigenvalue weighted by atomic mass is 10.2. The highest BCUT2D eigenvalue weighted by molar-refractivity contribution is 9.10. The number of carboxylic acids is 1. The fraction of sp³-hybridized carbons (Fsp3) is 0.167. The predicted molar refractivity (Wildman–Crippen MR) is 78.0 cm³/mol. The first-order valence-corrected chi connectivity index (χ1v) is 8.07. The van der Waals surface area contributed by atoms with Crippen molar-refractivity contribution >= 4 is 31.9 Å². The molecule has 1 atom stereocenters. The molecule has 21 heavy (non-hydrogen) atoms. The molecule has 0 radical (unpaired) electrons. The fourth-order valence-electron chi connectivity index (χ4n) is 1.73. The average molecular weight is 374 g/mol. The van der Waals surface area contributed by atoms with Gasteiger partial charge in [0.1, 0.15) is 6.04 Å². The lowest BCUT2D eigenvalue weighted by molar-refractivity contribution is -0.139. The van der Waals surface area contributed by atoms with E-state index < -0.39 is 22.0 Å². The van der Waals surface area contributed by atoms with Crippen molar-refractivity contribution in [3.05, 3.63) is 46.7 Å². The number of carboxylic acid groups (broad SMARTS) is 1. The topological polar surface area (TPSA) is 101 Å². The molecule has 0 bridgehead atoms. The summed E-state index contributed by atoms with van der Waals surface area (Å²) < 4.78 is 28.6. The van der Waals surface area contributed by atoms with E-state index in [4.69, 9.17) is 0 Å². The maximum Gasteiger partial charge on any atom is 0.326 e. The van der Waals surface area contributed by atoms with E-state index in [1.807, 2.05) is 0 Å². The van der Waals surface area contributed by atoms with Crippen LogP contribution in [0.15, 0.2) is 46.0 Å². The normalized spacial score (nSPS) is 13.0. The summed E-state index contributed by atoms with van der Waals surface area (Å²) in [5, 5.41) is 13.1. The minimum absolute atomic E-state index is 0.0276. The molecule has 2 N–H and O–H groups in total. The number of halogens is 1. The zero-order chi connectivity index (χ0) is 15.6. The molecule has 2 aromatic rings. The number of nitrogens with zero attached hydrogens (tertiary/aromatic N) is 2. The van der Waals surface area contributed by atoms with Crippen molar-refractivity contribution in [2.45, 2.75) is 10.9 Å². The molecule has 0 spiro atoms. The highest BCUT2D eigenvalue weighted by atomic mass is 79.9. The van der Waals surface area contributed by atoms with Crippen molar-refractivity contribution in [3.63, 3.8) is 0 Å². The fourth-order valence-corrected chi connectivity index (χ4v) is 3.91. The van der Waals surface area contributed by atoms with Gasteiger partial charge in [-0.25, -0.2) is 8.42 Å². The van der Waals surface area contributed by atoms with Gasteiger partial charge in [0, 0.05) is 23.3 Å². The van der Waals surface area contributed by atoms with Crippen molar-refractivity contribution in [1.82, 2.24) is 14.5 Å². The molecule has 9 heteroatoms. The number of aryl methyl sites for hydroxylation is 1. The van der Waals surface area contributed by atoms with Gasteiger partial charge in [-0.3, -0.25) is 9.48 Å². The highest BCUT2D eigenvalue weighted by Crippen LogP contribution is 2.23. The van der Waals surface area contributed by atoms with Crippen LogP contribution in [0.25, 0.3) is 0 Å². The Morgan fingerprint density at radius 3 is 2.62 bits per heavy atom. The molecule has 112 valence electrons. The summed E-state index contributed by atoms with van der Waals surface area (Å²) >= 11 is 3.14. The van der Waals surface area contributed by atoms with E-state index in [9.17, 15) is 18.3 Å². The summed E-state index contributed by atoms with van der Waals surface area (Å²) in [4.78, 5) is 11.3. The molecule has 7 nitrogen and oxygen atoms in total. The second-order valence-electron chi connectivity index (χ2n) is 4.27. The summed E-state index contributed by atoms with van der Waals surface area (Å²) in [6, 6.07) is 4.76. The number of hydrogen-bond donors (Lipinski definition) is 2. The molecule has 0 aliphatic rings. The van der Waals surface area contributed by atoms with Crippen molar-refractivity contribution in [1.29, 1.82) is 0 Å². The lowest BCUT2D eigenvalue weighted by Gasteiger charge is -2.14. The number of sulfonamides is 1. The van der Waals surface area contributed by atoms with Crippen LogP contribution in [0.5, 0.6) is 0 Å². The van der Waals surface area contributed by atoms with Gasteiger partial charge >= 0.3 is 5.97 Å². The van der Waals surface area contributed by atoms with E-state index >= 15 is 0 Å². The third-order valence-electron chi connectivity index (χ3n) is 2.70. The number of carbonyl (C=O) groups is 1. The van der Waals surface area contributed by atoms with Gasteiger partial charge in [-0.2, -0.15) is 9.82 Å². The van der Waals surface area contributed by atoms with Gasteiger partial charge in [0.05, 0.1) is 11.1 Å². The van der Waals surface area contributed by atoms with Crippen molar-refractivity contribution in [2.75, 3.05) is 0 Å². The van der Waals surface area contributed by atoms with E-state index in [1.165, 1.54) is 23.1 Å². The maximum atomic E-state index is 12.3. The largest absolute Gasteiger partial charge is 0.480 e. The van der Waals surface area contributed by atoms with Crippen molar-refractivity contribution in [3.8, 4) is 0 Å². The average Bonchev–Trinajstić information content (AvgIpc) is 2.82. The molecule has 0 saturated heterocycles. The van der Waals surface area contributed by atoms with Gasteiger partial charge in [-0.05, 0) is 28.1 Å².